The van der Waals surface area contributed by atoms with Crippen molar-refractivity contribution >= 4 is 28.7 Å². The van der Waals surface area contributed by atoms with Crippen LogP contribution in [0.4, 0.5) is 0 Å². The zero-order chi connectivity index (χ0) is 19.5. The van der Waals surface area contributed by atoms with Crippen LogP contribution < -0.4 is 9.47 Å². The molecule has 0 spiro atoms. The zero-order valence-corrected chi connectivity index (χ0v) is 15.6. The number of ether oxygens (including phenoxy) is 3. The molecule has 0 aliphatic carbocycles. The van der Waals surface area contributed by atoms with Crippen LogP contribution in [0, 0.1) is 0 Å². The van der Waals surface area contributed by atoms with Gasteiger partial charge in [0.25, 0.3) is 0 Å². The van der Waals surface area contributed by atoms with E-state index in [9.17, 15) is 4.79 Å². The summed E-state index contributed by atoms with van der Waals surface area (Å²) in [6.07, 6.45) is 1.66. The number of esters is 1. The van der Waals surface area contributed by atoms with E-state index in [4.69, 9.17) is 14.2 Å². The average Bonchev–Trinajstić information content (AvgIpc) is 3.09. The summed E-state index contributed by atoms with van der Waals surface area (Å²) < 4.78 is 16.5. The summed E-state index contributed by atoms with van der Waals surface area (Å²) in [5, 5.41) is 2.17. The number of carbonyl (C=O) groups excluding carboxylic acids is 1. The first kappa shape index (κ1) is 17.8. The van der Waals surface area contributed by atoms with Crippen molar-refractivity contribution in [3.05, 3.63) is 77.5 Å². The van der Waals surface area contributed by atoms with Crippen molar-refractivity contribution < 1.29 is 19.0 Å². The Morgan fingerprint density at radius 3 is 2.64 bits per heavy atom. The second-order valence-corrected chi connectivity index (χ2v) is 6.21. The Morgan fingerprint density at radius 1 is 1.04 bits per heavy atom. The van der Waals surface area contributed by atoms with Crippen LogP contribution >= 0.6 is 0 Å². The Kier molecular flexibility index (Phi) is 4.81. The first-order valence-corrected chi connectivity index (χ1v) is 9.01. The maximum atomic E-state index is 12.4. The van der Waals surface area contributed by atoms with Gasteiger partial charge in [-0.15, -0.1) is 0 Å². The third-order valence-corrected chi connectivity index (χ3v) is 4.43. The van der Waals surface area contributed by atoms with Crippen molar-refractivity contribution in [2.75, 3.05) is 13.7 Å². The van der Waals surface area contributed by atoms with E-state index in [-0.39, 0.29) is 5.70 Å². The topological polar surface area (TPSA) is 57.1 Å². The minimum Gasteiger partial charge on any atom is -0.493 e. The molecule has 5 heteroatoms. The number of hydrogen-bond acceptors (Lipinski definition) is 5. The monoisotopic (exact) mass is 373 g/mol. The Bertz CT molecular complexity index is 1110. The molecule has 0 unspecified atom stereocenters. The molecule has 0 fully saturated rings. The molecule has 28 heavy (non-hydrogen) atoms. The molecule has 1 aliphatic heterocycles. The molecule has 0 bridgehead atoms. The summed E-state index contributed by atoms with van der Waals surface area (Å²) >= 11 is 0. The number of methoxy groups -OCH3 is 1. The lowest BCUT2D eigenvalue weighted by Gasteiger charge is -2.11. The smallest absolute Gasteiger partial charge is 0.363 e. The summed E-state index contributed by atoms with van der Waals surface area (Å²) in [6.45, 7) is 2.37. The van der Waals surface area contributed by atoms with Gasteiger partial charge in [0.2, 0.25) is 5.90 Å². The molecule has 0 amide bonds. The number of cyclic esters (lactones) is 1. The van der Waals surface area contributed by atoms with E-state index >= 15 is 0 Å². The minimum atomic E-state index is -0.492. The highest BCUT2D eigenvalue weighted by Crippen LogP contribution is 2.33. The van der Waals surface area contributed by atoms with Gasteiger partial charge in [0, 0.05) is 11.1 Å². The molecule has 0 saturated heterocycles. The van der Waals surface area contributed by atoms with Crippen molar-refractivity contribution in [3.63, 3.8) is 0 Å². The van der Waals surface area contributed by atoms with E-state index in [1.54, 1.807) is 13.2 Å². The molecule has 3 aromatic carbocycles. The summed E-state index contributed by atoms with van der Waals surface area (Å²) in [7, 11) is 1.58. The van der Waals surface area contributed by atoms with Gasteiger partial charge in [0.15, 0.2) is 17.2 Å². The van der Waals surface area contributed by atoms with Crippen LogP contribution in [0.1, 0.15) is 18.1 Å². The predicted octanol–water partition coefficient (Wildman–Crippen LogP) is 4.59. The van der Waals surface area contributed by atoms with Crippen LogP contribution in [-0.2, 0) is 9.53 Å². The lowest BCUT2D eigenvalue weighted by Crippen LogP contribution is -2.05. The lowest BCUT2D eigenvalue weighted by atomic mass is 10.1. The van der Waals surface area contributed by atoms with Crippen LogP contribution in [0.15, 0.2) is 71.4 Å². The fraction of sp³-hybridized carbons (Fsp3) is 0.130. The maximum Gasteiger partial charge on any atom is 0.363 e. The Balaban J connectivity index is 1.73. The summed E-state index contributed by atoms with van der Waals surface area (Å²) in [6, 6.07) is 19.3. The highest BCUT2D eigenvalue weighted by Gasteiger charge is 2.25. The number of rotatable bonds is 5. The van der Waals surface area contributed by atoms with Crippen molar-refractivity contribution in [1.29, 1.82) is 0 Å². The fourth-order valence-electron chi connectivity index (χ4n) is 3.11. The molecule has 5 nitrogen and oxygen atoms in total. The molecule has 0 aromatic heterocycles. The first-order chi connectivity index (χ1) is 13.7. The molecule has 1 aliphatic rings. The van der Waals surface area contributed by atoms with Crippen molar-refractivity contribution in [1.82, 2.24) is 0 Å². The SMILES string of the molecule is CCOc1c(/C=C2\N=C(c3ccc4ccccc4c3)OC2=O)cccc1OC. The van der Waals surface area contributed by atoms with Gasteiger partial charge < -0.3 is 14.2 Å². The van der Waals surface area contributed by atoms with E-state index in [2.05, 4.69) is 4.99 Å². The highest BCUT2D eigenvalue weighted by atomic mass is 16.6. The van der Waals surface area contributed by atoms with E-state index in [0.29, 0.717) is 29.6 Å². The molecule has 4 rings (SSSR count). The number of para-hydroxylation sites is 1. The van der Waals surface area contributed by atoms with Crippen LogP contribution in [0.2, 0.25) is 0 Å². The van der Waals surface area contributed by atoms with Crippen molar-refractivity contribution in [2.24, 2.45) is 4.99 Å². The van der Waals surface area contributed by atoms with Crippen LogP contribution in [0.5, 0.6) is 11.5 Å². The molecule has 0 atom stereocenters. The van der Waals surface area contributed by atoms with E-state index in [0.717, 1.165) is 16.3 Å². The van der Waals surface area contributed by atoms with Crippen molar-refractivity contribution in [2.45, 2.75) is 6.92 Å². The van der Waals surface area contributed by atoms with Crippen LogP contribution in [0.3, 0.4) is 0 Å². The van der Waals surface area contributed by atoms with Gasteiger partial charge in [0.1, 0.15) is 0 Å². The van der Waals surface area contributed by atoms with Gasteiger partial charge in [-0.05, 0) is 42.0 Å². The largest absolute Gasteiger partial charge is 0.493 e. The lowest BCUT2D eigenvalue weighted by molar-refractivity contribution is -0.129. The third kappa shape index (κ3) is 3.34. The van der Waals surface area contributed by atoms with Crippen molar-refractivity contribution in [3.8, 4) is 11.5 Å². The van der Waals surface area contributed by atoms with E-state index in [1.165, 1.54) is 0 Å². The van der Waals surface area contributed by atoms with Gasteiger partial charge in [-0.25, -0.2) is 9.79 Å². The van der Waals surface area contributed by atoms with E-state index in [1.807, 2.05) is 67.6 Å². The Labute approximate surface area is 162 Å². The molecule has 0 saturated carbocycles. The summed E-state index contributed by atoms with van der Waals surface area (Å²) in [4.78, 5) is 16.8. The number of hydrogen-bond donors (Lipinski definition) is 0. The molecule has 0 radical (unpaired) electrons. The maximum absolute atomic E-state index is 12.4. The van der Waals surface area contributed by atoms with Crippen LogP contribution in [-0.4, -0.2) is 25.6 Å². The Hall–Kier alpha value is -3.60. The number of fused-ring (bicyclic) bond motifs is 1. The summed E-state index contributed by atoms with van der Waals surface area (Å²) in [5.41, 5.74) is 1.68. The first-order valence-electron chi connectivity index (χ1n) is 9.01. The molecule has 1 heterocycles. The van der Waals surface area contributed by atoms with Gasteiger partial charge in [-0.2, -0.15) is 0 Å². The summed E-state index contributed by atoms with van der Waals surface area (Å²) in [5.74, 6) is 0.972. The fourth-order valence-corrected chi connectivity index (χ4v) is 3.11. The highest BCUT2D eigenvalue weighted by molar-refractivity contribution is 6.13. The second-order valence-electron chi connectivity index (χ2n) is 6.21. The molecule has 0 N–H and O–H groups in total. The van der Waals surface area contributed by atoms with Gasteiger partial charge >= 0.3 is 5.97 Å². The van der Waals surface area contributed by atoms with Gasteiger partial charge in [0.05, 0.1) is 13.7 Å². The standard InChI is InChI=1S/C23H19NO4/c1-3-27-21-17(9-6-10-20(21)26-2)14-19-23(25)28-22(24-19)18-12-11-15-7-4-5-8-16(15)13-18/h4-14H,3H2,1-2H3/b19-14-. The quantitative estimate of drug-likeness (QED) is 0.485. The third-order valence-electron chi connectivity index (χ3n) is 4.43. The number of benzene rings is 3. The van der Waals surface area contributed by atoms with Gasteiger partial charge in [-0.3, -0.25) is 0 Å². The average molecular weight is 373 g/mol. The van der Waals surface area contributed by atoms with E-state index < -0.39 is 5.97 Å². The molecule has 3 aromatic rings. The number of aliphatic imine (C=N–C) groups is 1. The zero-order valence-electron chi connectivity index (χ0n) is 15.6. The molecular weight excluding hydrogens is 354 g/mol. The number of nitrogens with zero attached hydrogens (tertiary/aromatic N) is 1. The predicted molar refractivity (Wildman–Crippen MR) is 109 cm³/mol. The van der Waals surface area contributed by atoms with Crippen LogP contribution in [0.25, 0.3) is 16.8 Å². The normalized spacial score (nSPS) is 14.9. The van der Waals surface area contributed by atoms with Gasteiger partial charge in [-0.1, -0.05) is 42.5 Å². The minimum absolute atomic E-state index is 0.220. The Morgan fingerprint density at radius 2 is 1.86 bits per heavy atom. The molecular formula is C23H19NO4. The molecule has 140 valence electrons. The second kappa shape index (κ2) is 7.56. The number of carbonyl (C=O) groups is 1.